The standard InChI is InChI=1S/C18H16OS.2C2H6.V/c1-5-12(3)15(6-2)18(19)13(4)17-11-14-9-7-8-10-16(14)20-17;2*1-2;/h5-10H,1-2H2,3-4H3;2*1-2H3;/b15-12+,17-13-;;;. The molecular weight excluding hydrogens is 363 g/mol. The van der Waals surface area contributed by atoms with Crippen molar-refractivity contribution in [1.82, 2.24) is 0 Å². The predicted molar refractivity (Wildman–Crippen MR) is 110 cm³/mol. The Morgan fingerprint density at radius 2 is 1.60 bits per heavy atom. The fraction of sp³-hybridized carbons (Fsp3) is 0.273. The van der Waals surface area contributed by atoms with Crippen LogP contribution in [0.25, 0.3) is 0 Å². The van der Waals surface area contributed by atoms with Gasteiger partial charge in [0.25, 0.3) is 0 Å². The number of fused-ring (bicyclic) bond motifs is 1. The van der Waals surface area contributed by atoms with Crippen LogP contribution >= 0.6 is 11.8 Å². The molecule has 0 N–H and O–H groups in total. The van der Waals surface area contributed by atoms with Gasteiger partial charge in [0.1, 0.15) is 0 Å². The zero-order chi connectivity index (χ0) is 19.6. The van der Waals surface area contributed by atoms with E-state index in [0.29, 0.717) is 5.57 Å². The summed E-state index contributed by atoms with van der Waals surface area (Å²) in [6, 6.07) is 8.20. The van der Waals surface area contributed by atoms with Crippen molar-refractivity contribution in [2.75, 3.05) is 0 Å². The number of hydrogen-bond acceptors (Lipinski definition) is 2. The van der Waals surface area contributed by atoms with Gasteiger partial charge in [-0.3, -0.25) is 0 Å². The third-order valence-electron chi connectivity index (χ3n) is 3.43. The van der Waals surface area contributed by atoms with Crippen LogP contribution in [-0.2, 0) is 21.8 Å². The van der Waals surface area contributed by atoms with E-state index in [9.17, 15) is 4.79 Å². The van der Waals surface area contributed by atoms with E-state index in [1.165, 1.54) is 10.5 Å². The van der Waals surface area contributed by atoms with Crippen LogP contribution in [0.1, 0.15) is 47.1 Å². The molecule has 25 heavy (non-hydrogen) atoms. The van der Waals surface area contributed by atoms with Gasteiger partial charge in [-0.05, 0) is 0 Å². The first kappa shape index (κ1) is 23.7. The Morgan fingerprint density at radius 3 is 2.08 bits per heavy atom. The van der Waals surface area contributed by atoms with Crippen molar-refractivity contribution in [3.05, 3.63) is 76.8 Å². The van der Waals surface area contributed by atoms with Gasteiger partial charge in [-0.1, -0.05) is 27.7 Å². The van der Waals surface area contributed by atoms with Gasteiger partial charge in [0.15, 0.2) is 0 Å². The summed E-state index contributed by atoms with van der Waals surface area (Å²) in [5.74, 6) is 0.0151. The molecule has 0 amide bonds. The normalized spacial score (nSPS) is 14.7. The van der Waals surface area contributed by atoms with Gasteiger partial charge in [-0.25, -0.2) is 0 Å². The van der Waals surface area contributed by atoms with E-state index in [0.717, 1.165) is 20.3 Å². The monoisotopic (exact) mass is 391 g/mol. The number of allylic oxidation sites excluding steroid dienone is 6. The van der Waals surface area contributed by atoms with Crippen LogP contribution in [0.4, 0.5) is 0 Å². The van der Waals surface area contributed by atoms with Gasteiger partial charge in [0, 0.05) is 0 Å². The summed E-state index contributed by atoms with van der Waals surface area (Å²) in [6.45, 7) is 19.2. The zero-order valence-corrected chi connectivity index (χ0v) is 18.4. The van der Waals surface area contributed by atoms with E-state index in [2.05, 4.69) is 42.3 Å². The van der Waals surface area contributed by atoms with Gasteiger partial charge in [0.2, 0.25) is 0 Å². The second-order valence-corrected chi connectivity index (χ2v) is 6.49. The number of carbonyl (C=O) groups excluding carboxylic acids is 1. The molecule has 1 aromatic carbocycles. The quantitative estimate of drug-likeness (QED) is 0.434. The van der Waals surface area contributed by atoms with E-state index < -0.39 is 0 Å². The fourth-order valence-corrected chi connectivity index (χ4v) is 4.13. The second-order valence-electron chi connectivity index (χ2n) is 4.74. The molecule has 1 aliphatic heterocycles. The molecule has 0 bridgehead atoms. The van der Waals surface area contributed by atoms with Crippen molar-refractivity contribution in [2.45, 2.75) is 46.4 Å². The first-order chi connectivity index (χ1) is 12.0. The Labute approximate surface area is 166 Å². The number of ketones is 1. The summed E-state index contributed by atoms with van der Waals surface area (Å²) >= 11 is 4.24. The average molecular weight is 391 g/mol. The first-order valence-electron chi connectivity index (χ1n) is 8.56. The van der Waals surface area contributed by atoms with Gasteiger partial charge in [-0.15, -0.1) is 0 Å². The van der Waals surface area contributed by atoms with Crippen molar-refractivity contribution in [2.24, 2.45) is 0 Å². The van der Waals surface area contributed by atoms with Gasteiger partial charge >= 0.3 is 139 Å². The summed E-state index contributed by atoms with van der Waals surface area (Å²) in [7, 11) is 0. The molecule has 0 aliphatic carbocycles. The summed E-state index contributed by atoms with van der Waals surface area (Å²) in [5.41, 5.74) is 3.41. The number of Topliss-reactive ketones (excluding diaryl/α,β-unsaturated/α-hetero) is 1. The molecular formula is C22H28OSV. The van der Waals surface area contributed by atoms with Crippen molar-refractivity contribution < 1.29 is 21.8 Å². The van der Waals surface area contributed by atoms with Crippen LogP contribution in [0.2, 0.25) is 0 Å². The molecule has 133 valence electrons. The van der Waals surface area contributed by atoms with Gasteiger partial charge in [0.05, 0.1) is 0 Å². The predicted octanol–water partition coefficient (Wildman–Crippen LogP) is 6.44. The minimum atomic E-state index is 0.0151. The molecule has 0 aromatic heterocycles. The van der Waals surface area contributed by atoms with Crippen LogP contribution in [0.5, 0.6) is 0 Å². The average Bonchev–Trinajstić information content (AvgIpc) is 3.01. The number of thioether (sulfide) groups is 1. The van der Waals surface area contributed by atoms with Crippen molar-refractivity contribution in [3.8, 4) is 0 Å². The molecule has 2 rings (SSSR count). The molecule has 3 heteroatoms. The van der Waals surface area contributed by atoms with Gasteiger partial charge < -0.3 is 0 Å². The molecule has 1 aromatic rings. The largest absolute Gasteiger partial charge is 0.0683 e. The maximum atomic E-state index is 12.7. The van der Waals surface area contributed by atoms with Crippen LogP contribution in [-0.4, -0.2) is 10.0 Å². The summed E-state index contributed by atoms with van der Waals surface area (Å²) < 4.78 is 1.11. The van der Waals surface area contributed by atoms with Crippen LogP contribution in [0, 0.1) is 0 Å². The Kier molecular flexibility index (Phi) is 11.4. The minimum absolute atomic E-state index is 0.0151. The summed E-state index contributed by atoms with van der Waals surface area (Å²) in [5, 5.41) is 0. The van der Waals surface area contributed by atoms with E-state index in [4.69, 9.17) is 0 Å². The van der Waals surface area contributed by atoms with Crippen molar-refractivity contribution >= 4 is 21.8 Å². The third-order valence-corrected chi connectivity index (χ3v) is 5.69. The number of rotatable bonds is 4. The first-order valence-corrected chi connectivity index (χ1v) is 10.1. The smallest absolute Gasteiger partial charge is 0.0683 e. The molecule has 1 heterocycles. The molecule has 0 spiro atoms. The summed E-state index contributed by atoms with van der Waals surface area (Å²) in [6.07, 6.45) is 3.30. The number of carbonyl (C=O) groups is 1. The minimum Gasteiger partial charge on any atom is -0.0683 e. The zero-order valence-electron chi connectivity index (χ0n) is 16.1. The van der Waals surface area contributed by atoms with E-state index >= 15 is 0 Å². The SMILES string of the molecule is C=C/C(C)=C(\C=C)C(=O)/C(C)=C1\Sc2ccccc2[C]1=[V].CC.CC. The van der Waals surface area contributed by atoms with Crippen molar-refractivity contribution in [3.63, 3.8) is 0 Å². The third kappa shape index (κ3) is 5.57. The Balaban J connectivity index is 0.00000134. The molecule has 0 saturated carbocycles. The van der Waals surface area contributed by atoms with Crippen LogP contribution in [0.3, 0.4) is 0 Å². The maximum Gasteiger partial charge on any atom is -0.0683 e. The summed E-state index contributed by atoms with van der Waals surface area (Å²) in [4.78, 5) is 14.9. The number of hydrogen-bond donors (Lipinski definition) is 0. The maximum absolute atomic E-state index is 12.7. The molecule has 0 unspecified atom stereocenters. The van der Waals surface area contributed by atoms with E-state index in [1.807, 2.05) is 53.7 Å². The van der Waals surface area contributed by atoms with Crippen molar-refractivity contribution in [1.29, 1.82) is 0 Å². The molecule has 0 atom stereocenters. The van der Waals surface area contributed by atoms with Gasteiger partial charge in [-0.2, -0.15) is 0 Å². The van der Waals surface area contributed by atoms with Crippen LogP contribution in [0.15, 0.2) is 76.1 Å². The molecule has 1 nitrogen and oxygen atoms in total. The second kappa shape index (κ2) is 12.1. The topological polar surface area (TPSA) is 17.1 Å². The Bertz CT molecular complexity index is 723. The Hall–Kier alpha value is -1.35. The van der Waals surface area contributed by atoms with E-state index in [-0.39, 0.29) is 5.78 Å². The number of benzene rings is 1. The fourth-order valence-electron chi connectivity index (χ4n) is 2.13. The Morgan fingerprint density at radius 1 is 1.04 bits per heavy atom. The molecule has 0 radical (unpaired) electrons. The molecule has 0 saturated heterocycles. The molecule has 0 fully saturated rings. The van der Waals surface area contributed by atoms with E-state index in [1.54, 1.807) is 23.9 Å². The van der Waals surface area contributed by atoms with Crippen LogP contribution < -0.4 is 0 Å². The molecule has 1 aliphatic rings.